The maximum Gasteiger partial charge on any atom is 0.0854 e. The van der Waals surface area contributed by atoms with E-state index in [1.54, 1.807) is 0 Å². The van der Waals surface area contributed by atoms with Crippen LogP contribution in [-0.2, 0) is 17.6 Å². The largest absolute Gasteiger partial charge is 0.394 e. The summed E-state index contributed by atoms with van der Waals surface area (Å²) in [6.45, 7) is 3.61. The van der Waals surface area contributed by atoms with Gasteiger partial charge in [0.05, 0.1) is 30.5 Å². The van der Waals surface area contributed by atoms with E-state index in [0.29, 0.717) is 25.2 Å². The van der Waals surface area contributed by atoms with E-state index >= 15 is 0 Å². The summed E-state index contributed by atoms with van der Waals surface area (Å²) in [5.41, 5.74) is 5.54. The fourth-order valence-corrected chi connectivity index (χ4v) is 4.59. The third-order valence-electron chi connectivity index (χ3n) is 6.19. The monoisotopic (exact) mass is 410 g/mol. The second-order valence-corrected chi connectivity index (χ2v) is 9.77. The summed E-state index contributed by atoms with van der Waals surface area (Å²) in [7, 11) is 0. The molecular weight excluding hydrogens is 376 g/mol. The normalized spacial score (nSPS) is 24.8. The van der Waals surface area contributed by atoms with Gasteiger partial charge in [0.1, 0.15) is 0 Å². The van der Waals surface area contributed by atoms with E-state index in [0.717, 1.165) is 17.5 Å². The summed E-state index contributed by atoms with van der Waals surface area (Å²) >= 11 is 0. The van der Waals surface area contributed by atoms with Gasteiger partial charge in [-0.15, -0.1) is 0 Å². The van der Waals surface area contributed by atoms with E-state index in [2.05, 4.69) is 42.5 Å². The van der Waals surface area contributed by atoms with Gasteiger partial charge in [-0.25, -0.2) is 0 Å². The van der Waals surface area contributed by atoms with Crippen LogP contribution in [0, 0.1) is 0 Å². The van der Waals surface area contributed by atoms with Crippen molar-refractivity contribution in [2.24, 2.45) is 0 Å². The van der Waals surface area contributed by atoms with Gasteiger partial charge in [0, 0.05) is 19.3 Å². The van der Waals surface area contributed by atoms with Crippen molar-refractivity contribution >= 4 is 0 Å². The zero-order valence-corrected chi connectivity index (χ0v) is 18.1. The highest BCUT2D eigenvalue weighted by Crippen LogP contribution is 2.43. The number of rotatable bonds is 7. The Kier molecular flexibility index (Phi) is 6.31. The highest BCUT2D eigenvalue weighted by atomic mass is 16.5. The number of aliphatic hydroxyl groups is 3. The molecule has 4 rings (SSSR count). The molecule has 1 saturated carbocycles. The van der Waals surface area contributed by atoms with Crippen molar-refractivity contribution in [2.45, 2.75) is 82.2 Å². The fraction of sp³-hybridized carbons (Fsp3) is 0.538. The first-order chi connectivity index (χ1) is 14.3. The maximum atomic E-state index is 10.2. The Morgan fingerprint density at radius 3 is 2.33 bits per heavy atom. The Balaban J connectivity index is 1.55. The van der Waals surface area contributed by atoms with Crippen LogP contribution >= 0.6 is 0 Å². The Bertz CT molecular complexity index is 848. The fourth-order valence-electron chi connectivity index (χ4n) is 4.59. The predicted octanol–water partition coefficient (Wildman–Crippen LogP) is 4.04. The van der Waals surface area contributed by atoms with Gasteiger partial charge in [-0.1, -0.05) is 42.5 Å². The van der Waals surface area contributed by atoms with E-state index in [4.69, 9.17) is 4.74 Å². The molecule has 30 heavy (non-hydrogen) atoms. The van der Waals surface area contributed by atoms with Crippen molar-refractivity contribution in [3.8, 4) is 0 Å². The lowest BCUT2D eigenvalue weighted by Crippen LogP contribution is -2.33. The minimum absolute atomic E-state index is 0.0580. The molecule has 1 saturated heterocycles. The number of hydrogen-bond donors (Lipinski definition) is 3. The zero-order valence-electron chi connectivity index (χ0n) is 18.1. The van der Waals surface area contributed by atoms with Gasteiger partial charge >= 0.3 is 0 Å². The molecule has 3 atom stereocenters. The minimum Gasteiger partial charge on any atom is -0.394 e. The number of hydrogen-bond acceptors (Lipinski definition) is 4. The molecule has 4 nitrogen and oxygen atoms in total. The van der Waals surface area contributed by atoms with Crippen LogP contribution in [0.15, 0.2) is 42.5 Å². The highest BCUT2D eigenvalue weighted by molar-refractivity contribution is 5.41. The van der Waals surface area contributed by atoms with Crippen LogP contribution in [0.3, 0.4) is 0 Å². The van der Waals surface area contributed by atoms with Gasteiger partial charge in [-0.3, -0.25) is 0 Å². The smallest absolute Gasteiger partial charge is 0.0854 e. The molecule has 0 spiro atoms. The highest BCUT2D eigenvalue weighted by Gasteiger charge is 2.31. The van der Waals surface area contributed by atoms with Gasteiger partial charge in [-0.05, 0) is 66.8 Å². The lowest BCUT2D eigenvalue weighted by atomic mass is 9.90. The van der Waals surface area contributed by atoms with Gasteiger partial charge in [0.25, 0.3) is 0 Å². The van der Waals surface area contributed by atoms with Gasteiger partial charge in [-0.2, -0.15) is 0 Å². The summed E-state index contributed by atoms with van der Waals surface area (Å²) < 4.78 is 6.04. The predicted molar refractivity (Wildman–Crippen MR) is 118 cm³/mol. The van der Waals surface area contributed by atoms with E-state index in [-0.39, 0.29) is 18.8 Å². The maximum absolute atomic E-state index is 10.2. The van der Waals surface area contributed by atoms with Crippen LogP contribution in [-0.4, -0.2) is 39.7 Å². The molecule has 2 aliphatic rings. The van der Waals surface area contributed by atoms with Crippen LogP contribution in [0.25, 0.3) is 0 Å². The van der Waals surface area contributed by atoms with Crippen molar-refractivity contribution in [1.82, 2.24) is 0 Å². The van der Waals surface area contributed by atoms with Gasteiger partial charge in [0.2, 0.25) is 0 Å². The molecule has 1 aliphatic heterocycles. The summed E-state index contributed by atoms with van der Waals surface area (Å²) in [5, 5.41) is 29.7. The van der Waals surface area contributed by atoms with E-state index < -0.39 is 11.7 Å². The Hall–Kier alpha value is -1.72. The number of aliphatic hydroxyl groups excluding tert-OH is 2. The van der Waals surface area contributed by atoms with E-state index in [9.17, 15) is 15.3 Å². The molecule has 0 unspecified atom stereocenters. The first-order valence-electron chi connectivity index (χ1n) is 11.2. The molecular formula is C26H34O4. The lowest BCUT2D eigenvalue weighted by molar-refractivity contribution is -0.113. The van der Waals surface area contributed by atoms with Crippen molar-refractivity contribution in [3.05, 3.63) is 70.3 Å². The summed E-state index contributed by atoms with van der Waals surface area (Å²) in [6.07, 6.45) is 4.17. The molecule has 4 heteroatoms. The molecule has 1 aliphatic carbocycles. The van der Waals surface area contributed by atoms with Gasteiger partial charge < -0.3 is 20.1 Å². The Morgan fingerprint density at radius 2 is 1.70 bits per heavy atom. The summed E-state index contributed by atoms with van der Waals surface area (Å²) in [5.74, 6) is 0.659. The molecule has 0 aromatic heterocycles. The molecule has 1 heterocycles. The van der Waals surface area contributed by atoms with Gasteiger partial charge in [0.15, 0.2) is 0 Å². The summed E-state index contributed by atoms with van der Waals surface area (Å²) in [6, 6.07) is 15.2. The molecule has 0 bridgehead atoms. The van der Waals surface area contributed by atoms with E-state index in [1.807, 2.05) is 13.8 Å². The SMILES string of the molecule is CC(C)(O)Cc1ccc(Cc2cc([C@H]3C[C@@H](O)C[C@@H](CO)O3)ccc2C2CC2)cc1. The molecule has 2 aromatic rings. The van der Waals surface area contributed by atoms with E-state index in [1.165, 1.54) is 29.5 Å². The number of benzene rings is 2. The first-order valence-corrected chi connectivity index (χ1v) is 11.2. The molecule has 2 fully saturated rings. The molecule has 3 N–H and O–H groups in total. The minimum atomic E-state index is -0.702. The Morgan fingerprint density at radius 1 is 1.00 bits per heavy atom. The second kappa shape index (κ2) is 8.80. The van der Waals surface area contributed by atoms with Crippen LogP contribution < -0.4 is 0 Å². The van der Waals surface area contributed by atoms with Crippen molar-refractivity contribution < 1.29 is 20.1 Å². The molecule has 0 radical (unpaired) electrons. The van der Waals surface area contributed by atoms with Crippen molar-refractivity contribution in [1.29, 1.82) is 0 Å². The third kappa shape index (κ3) is 5.50. The lowest BCUT2D eigenvalue weighted by Gasteiger charge is -2.33. The zero-order chi connectivity index (χ0) is 21.3. The average Bonchev–Trinajstić information content (AvgIpc) is 3.53. The molecule has 0 amide bonds. The average molecular weight is 411 g/mol. The molecule has 162 valence electrons. The van der Waals surface area contributed by atoms with Crippen LogP contribution in [0.4, 0.5) is 0 Å². The van der Waals surface area contributed by atoms with Crippen molar-refractivity contribution in [3.63, 3.8) is 0 Å². The quantitative estimate of drug-likeness (QED) is 0.644. The second-order valence-electron chi connectivity index (χ2n) is 9.77. The Labute approximate surface area is 179 Å². The standard InChI is InChI=1S/C26H34O4/c1-26(2,29)15-18-5-3-17(4-6-18)11-21-12-20(9-10-24(21)19-7-8-19)25-14-22(28)13-23(16-27)30-25/h3-6,9-10,12,19,22-23,25,27-29H,7-8,11,13-16H2,1-2H3/t22-,23-,25+/m0/s1. The van der Waals surface area contributed by atoms with Crippen LogP contribution in [0.1, 0.15) is 79.4 Å². The third-order valence-corrected chi connectivity index (χ3v) is 6.19. The molecule has 2 aromatic carbocycles. The van der Waals surface area contributed by atoms with Crippen molar-refractivity contribution in [2.75, 3.05) is 6.61 Å². The van der Waals surface area contributed by atoms with Crippen LogP contribution in [0.2, 0.25) is 0 Å². The topological polar surface area (TPSA) is 69.9 Å². The first kappa shape index (κ1) is 21.5. The van der Waals surface area contributed by atoms with Crippen LogP contribution in [0.5, 0.6) is 0 Å². The number of ether oxygens (including phenoxy) is 1. The summed E-state index contributed by atoms with van der Waals surface area (Å²) in [4.78, 5) is 0.